The Labute approximate surface area is 111 Å². The molecule has 0 unspecified atom stereocenters. The predicted molar refractivity (Wildman–Crippen MR) is 80.1 cm³/mol. The maximum absolute atomic E-state index is 2.33. The van der Waals surface area contributed by atoms with E-state index in [1.807, 2.05) is 0 Å². The van der Waals surface area contributed by atoms with E-state index in [4.69, 9.17) is 0 Å². The Balaban J connectivity index is 2.59. The molecule has 0 aliphatic rings. The summed E-state index contributed by atoms with van der Waals surface area (Å²) in [5.74, 6) is 0. The average molecular weight is 238 g/mol. The molecular formula is C18H22. The van der Waals surface area contributed by atoms with Gasteiger partial charge in [-0.1, -0.05) is 63.2 Å². The zero-order valence-corrected chi connectivity index (χ0v) is 12.0. The molecule has 0 N–H and O–H groups in total. The molecule has 0 spiro atoms. The predicted octanol–water partition coefficient (Wildman–Crippen LogP) is 5.27. The molecule has 0 heterocycles. The number of rotatable bonds is 1. The molecule has 0 aromatic heterocycles. The number of hydrogen-bond donors (Lipinski definition) is 0. The minimum absolute atomic E-state index is 0.201. The van der Waals surface area contributed by atoms with Crippen LogP contribution in [-0.4, -0.2) is 0 Å². The first kappa shape index (κ1) is 12.9. The van der Waals surface area contributed by atoms with Crippen LogP contribution >= 0.6 is 0 Å². The van der Waals surface area contributed by atoms with Gasteiger partial charge >= 0.3 is 0 Å². The molecule has 0 atom stereocenters. The molecular weight excluding hydrogens is 216 g/mol. The molecule has 0 nitrogen and oxygen atoms in total. The molecule has 0 radical (unpaired) electrons. The van der Waals surface area contributed by atoms with Crippen molar-refractivity contribution in [3.05, 3.63) is 59.2 Å². The molecule has 0 aliphatic carbocycles. The van der Waals surface area contributed by atoms with Gasteiger partial charge in [0, 0.05) is 0 Å². The highest BCUT2D eigenvalue weighted by atomic mass is 14.2. The van der Waals surface area contributed by atoms with Gasteiger partial charge in [-0.3, -0.25) is 0 Å². The Morgan fingerprint density at radius 1 is 0.778 bits per heavy atom. The third-order valence-electron chi connectivity index (χ3n) is 3.50. The van der Waals surface area contributed by atoms with Gasteiger partial charge in [-0.15, -0.1) is 0 Å². The first-order valence-corrected chi connectivity index (χ1v) is 6.57. The highest BCUT2D eigenvalue weighted by molar-refractivity contribution is 5.71. The van der Waals surface area contributed by atoms with Crippen LogP contribution in [0.1, 0.15) is 37.5 Å². The number of hydrogen-bond acceptors (Lipinski definition) is 0. The van der Waals surface area contributed by atoms with Gasteiger partial charge in [0.1, 0.15) is 0 Å². The second-order valence-corrected chi connectivity index (χ2v) is 6.10. The summed E-state index contributed by atoms with van der Waals surface area (Å²) in [4.78, 5) is 0. The van der Waals surface area contributed by atoms with Crippen LogP contribution in [0, 0.1) is 13.8 Å². The van der Waals surface area contributed by atoms with Crippen molar-refractivity contribution in [2.75, 3.05) is 0 Å². The summed E-state index contributed by atoms with van der Waals surface area (Å²) < 4.78 is 0. The molecule has 0 fully saturated rings. The van der Waals surface area contributed by atoms with Gasteiger partial charge in [0.25, 0.3) is 0 Å². The third-order valence-corrected chi connectivity index (χ3v) is 3.50. The standard InChI is InChI=1S/C18H22/c1-13-8-6-9-14(2)17(13)15-10-7-11-16(12-15)18(3,4)5/h6-12H,1-5H3. The first-order chi connectivity index (χ1) is 8.39. The van der Waals surface area contributed by atoms with Crippen LogP contribution in [0.3, 0.4) is 0 Å². The lowest BCUT2D eigenvalue weighted by molar-refractivity contribution is 0.590. The van der Waals surface area contributed by atoms with E-state index in [2.05, 4.69) is 77.1 Å². The van der Waals surface area contributed by atoms with Crippen LogP contribution in [0.15, 0.2) is 42.5 Å². The summed E-state index contributed by atoms with van der Waals surface area (Å²) in [7, 11) is 0. The Morgan fingerprint density at radius 3 is 1.89 bits per heavy atom. The normalized spacial score (nSPS) is 11.6. The van der Waals surface area contributed by atoms with Gasteiger partial charge in [-0.25, -0.2) is 0 Å². The van der Waals surface area contributed by atoms with Crippen molar-refractivity contribution in [1.29, 1.82) is 0 Å². The zero-order chi connectivity index (χ0) is 13.3. The maximum atomic E-state index is 2.33. The summed E-state index contributed by atoms with van der Waals surface area (Å²) >= 11 is 0. The Bertz CT molecular complexity index is 536. The highest BCUT2D eigenvalue weighted by Crippen LogP contribution is 2.31. The van der Waals surface area contributed by atoms with Gasteiger partial charge in [-0.05, 0) is 47.1 Å². The summed E-state index contributed by atoms with van der Waals surface area (Å²) in [6, 6.07) is 15.4. The minimum Gasteiger partial charge on any atom is -0.0617 e. The second-order valence-electron chi connectivity index (χ2n) is 6.10. The maximum Gasteiger partial charge on any atom is -0.0125 e. The van der Waals surface area contributed by atoms with Gasteiger partial charge in [-0.2, -0.15) is 0 Å². The number of aryl methyl sites for hydroxylation is 2. The topological polar surface area (TPSA) is 0 Å². The molecule has 18 heavy (non-hydrogen) atoms. The van der Waals surface area contributed by atoms with Crippen LogP contribution < -0.4 is 0 Å². The van der Waals surface area contributed by atoms with Crippen molar-refractivity contribution in [3.63, 3.8) is 0 Å². The lowest BCUT2D eigenvalue weighted by Gasteiger charge is -2.20. The third kappa shape index (κ3) is 2.48. The second kappa shape index (κ2) is 4.61. The van der Waals surface area contributed by atoms with Gasteiger partial charge < -0.3 is 0 Å². The van der Waals surface area contributed by atoms with Crippen LogP contribution in [0.2, 0.25) is 0 Å². The summed E-state index contributed by atoms with van der Waals surface area (Å²) in [5.41, 5.74) is 7.00. The van der Waals surface area contributed by atoms with Gasteiger partial charge in [0.2, 0.25) is 0 Å². The molecule has 0 aliphatic heterocycles. The van der Waals surface area contributed by atoms with Crippen LogP contribution in [0.4, 0.5) is 0 Å². The summed E-state index contributed by atoms with van der Waals surface area (Å²) in [6.07, 6.45) is 0. The van der Waals surface area contributed by atoms with Crippen molar-refractivity contribution in [3.8, 4) is 11.1 Å². The number of benzene rings is 2. The van der Waals surface area contributed by atoms with Crippen molar-refractivity contribution in [2.24, 2.45) is 0 Å². The monoisotopic (exact) mass is 238 g/mol. The Morgan fingerprint density at radius 2 is 1.33 bits per heavy atom. The van der Waals surface area contributed by atoms with E-state index < -0.39 is 0 Å². The zero-order valence-electron chi connectivity index (χ0n) is 12.0. The molecule has 0 heteroatoms. The minimum atomic E-state index is 0.201. The molecule has 0 saturated carbocycles. The van der Waals surface area contributed by atoms with E-state index in [1.165, 1.54) is 27.8 Å². The molecule has 0 amide bonds. The van der Waals surface area contributed by atoms with Gasteiger partial charge in [0.15, 0.2) is 0 Å². The van der Waals surface area contributed by atoms with Gasteiger partial charge in [0.05, 0.1) is 0 Å². The van der Waals surface area contributed by atoms with E-state index in [9.17, 15) is 0 Å². The largest absolute Gasteiger partial charge is 0.0617 e. The molecule has 0 saturated heterocycles. The fraction of sp³-hybridized carbons (Fsp3) is 0.333. The van der Waals surface area contributed by atoms with Crippen molar-refractivity contribution >= 4 is 0 Å². The summed E-state index contributed by atoms with van der Waals surface area (Å²) in [5, 5.41) is 0. The van der Waals surface area contributed by atoms with Crippen molar-refractivity contribution in [1.82, 2.24) is 0 Å². The van der Waals surface area contributed by atoms with Crippen LogP contribution in [-0.2, 0) is 5.41 Å². The Hall–Kier alpha value is -1.56. The molecule has 0 bridgehead atoms. The molecule has 2 aromatic carbocycles. The van der Waals surface area contributed by atoms with E-state index in [0.717, 1.165) is 0 Å². The SMILES string of the molecule is Cc1cccc(C)c1-c1cccc(C(C)(C)C)c1. The fourth-order valence-corrected chi connectivity index (χ4v) is 2.41. The average Bonchev–Trinajstić information content (AvgIpc) is 2.28. The van der Waals surface area contributed by atoms with E-state index >= 15 is 0 Å². The summed E-state index contributed by atoms with van der Waals surface area (Å²) in [6.45, 7) is 11.2. The highest BCUT2D eigenvalue weighted by Gasteiger charge is 2.14. The lowest BCUT2D eigenvalue weighted by atomic mass is 9.84. The van der Waals surface area contributed by atoms with Crippen molar-refractivity contribution in [2.45, 2.75) is 40.0 Å². The molecule has 94 valence electrons. The quantitative estimate of drug-likeness (QED) is 0.635. The van der Waals surface area contributed by atoms with Crippen LogP contribution in [0.5, 0.6) is 0 Å². The lowest BCUT2D eigenvalue weighted by Crippen LogP contribution is -2.10. The molecule has 2 rings (SSSR count). The Kier molecular flexibility index (Phi) is 3.30. The van der Waals surface area contributed by atoms with Crippen LogP contribution in [0.25, 0.3) is 11.1 Å². The smallest absolute Gasteiger partial charge is 0.0125 e. The fourth-order valence-electron chi connectivity index (χ4n) is 2.41. The van der Waals surface area contributed by atoms with Crippen molar-refractivity contribution < 1.29 is 0 Å². The van der Waals surface area contributed by atoms with E-state index in [-0.39, 0.29) is 5.41 Å². The first-order valence-electron chi connectivity index (χ1n) is 6.57. The van der Waals surface area contributed by atoms with E-state index in [0.29, 0.717) is 0 Å². The van der Waals surface area contributed by atoms with E-state index in [1.54, 1.807) is 0 Å². The molecule has 2 aromatic rings.